The molecule has 0 aromatic carbocycles. The second-order valence-electron chi connectivity index (χ2n) is 7.76. The van der Waals surface area contributed by atoms with Gasteiger partial charge in [-0.3, -0.25) is 4.40 Å². The summed E-state index contributed by atoms with van der Waals surface area (Å²) in [5.74, 6) is 2.67. The van der Waals surface area contributed by atoms with Crippen LogP contribution < -0.4 is 0 Å². The van der Waals surface area contributed by atoms with Crippen LogP contribution in [0.1, 0.15) is 52.4 Å². The molecule has 8 nitrogen and oxygen atoms in total. The summed E-state index contributed by atoms with van der Waals surface area (Å²) in [6, 6.07) is 3.86. The summed E-state index contributed by atoms with van der Waals surface area (Å²) in [6.07, 6.45) is 2.06. The van der Waals surface area contributed by atoms with Crippen molar-refractivity contribution in [3.8, 4) is 11.4 Å². The fraction of sp³-hybridized carbons (Fsp3) is 0.600. The molecule has 0 amide bonds. The van der Waals surface area contributed by atoms with E-state index in [4.69, 9.17) is 9.72 Å². The van der Waals surface area contributed by atoms with E-state index in [1.165, 1.54) is 0 Å². The Bertz CT molecular complexity index is 915. The first-order valence-electron chi connectivity index (χ1n) is 9.95. The third-order valence-electron chi connectivity index (χ3n) is 4.54. The van der Waals surface area contributed by atoms with E-state index in [1.807, 2.05) is 48.2 Å². The molecule has 1 atom stereocenters. The molecule has 0 aliphatic carbocycles. The van der Waals surface area contributed by atoms with E-state index in [2.05, 4.69) is 29.1 Å². The molecular weight excluding hydrogens is 356 g/mol. The van der Waals surface area contributed by atoms with Crippen molar-refractivity contribution in [3.63, 3.8) is 0 Å². The molecule has 0 aliphatic heterocycles. The summed E-state index contributed by atoms with van der Waals surface area (Å²) < 4.78 is 9.24. The minimum Gasteiger partial charge on any atom is -0.385 e. The van der Waals surface area contributed by atoms with Crippen LogP contribution in [0.25, 0.3) is 17.0 Å². The third-order valence-corrected chi connectivity index (χ3v) is 4.54. The Morgan fingerprint density at radius 3 is 2.61 bits per heavy atom. The average Bonchev–Trinajstić information content (AvgIpc) is 3.24. The molecule has 0 saturated heterocycles. The Morgan fingerprint density at radius 2 is 1.93 bits per heavy atom. The summed E-state index contributed by atoms with van der Waals surface area (Å²) in [5.41, 5.74) is 1.60. The molecular formula is C20H30N6O2. The first kappa shape index (κ1) is 20.4. The molecule has 0 saturated carbocycles. The summed E-state index contributed by atoms with van der Waals surface area (Å²) in [5, 5.41) is 23.5. The minimum absolute atomic E-state index is 0.0450. The number of aromatic nitrogens is 6. The van der Waals surface area contributed by atoms with E-state index in [9.17, 15) is 5.11 Å². The van der Waals surface area contributed by atoms with Crippen molar-refractivity contribution in [2.24, 2.45) is 11.8 Å². The largest absolute Gasteiger partial charge is 0.385 e. The first-order valence-corrected chi connectivity index (χ1v) is 9.95. The fourth-order valence-corrected chi connectivity index (χ4v) is 3.05. The number of nitrogens with zero attached hydrogens (tertiary/aromatic N) is 6. The molecule has 0 radical (unpaired) electrons. The number of hydrogen-bond acceptors (Lipinski definition) is 6. The molecule has 0 aliphatic rings. The third kappa shape index (κ3) is 4.39. The van der Waals surface area contributed by atoms with Gasteiger partial charge < -0.3 is 9.84 Å². The van der Waals surface area contributed by atoms with E-state index in [-0.39, 0.29) is 5.92 Å². The van der Waals surface area contributed by atoms with Crippen LogP contribution in [-0.4, -0.2) is 47.7 Å². The van der Waals surface area contributed by atoms with Gasteiger partial charge in [0.25, 0.3) is 0 Å². The molecule has 3 aromatic heterocycles. The maximum Gasteiger partial charge on any atom is 0.166 e. The number of aliphatic hydroxyl groups is 1. The van der Waals surface area contributed by atoms with Crippen molar-refractivity contribution >= 4 is 5.65 Å². The van der Waals surface area contributed by atoms with Gasteiger partial charge in [0.05, 0.1) is 13.2 Å². The van der Waals surface area contributed by atoms with Crippen LogP contribution in [0.3, 0.4) is 0 Å². The molecule has 0 fully saturated rings. The van der Waals surface area contributed by atoms with Crippen molar-refractivity contribution in [1.82, 2.24) is 29.4 Å². The smallest absolute Gasteiger partial charge is 0.166 e. The monoisotopic (exact) mass is 386 g/mol. The summed E-state index contributed by atoms with van der Waals surface area (Å²) in [4.78, 5) is 4.78. The van der Waals surface area contributed by atoms with Crippen LogP contribution in [0.4, 0.5) is 0 Å². The van der Waals surface area contributed by atoms with Crippen LogP contribution in [0.15, 0.2) is 18.3 Å². The molecule has 3 aromatic rings. The second-order valence-corrected chi connectivity index (χ2v) is 7.76. The lowest BCUT2D eigenvalue weighted by Gasteiger charge is -2.13. The Balaban J connectivity index is 2.02. The number of aliphatic hydroxyl groups excluding tert-OH is 1. The molecule has 0 bridgehead atoms. The Hall–Kier alpha value is -2.32. The summed E-state index contributed by atoms with van der Waals surface area (Å²) >= 11 is 0. The van der Waals surface area contributed by atoms with Crippen LogP contribution in [0.5, 0.6) is 0 Å². The highest BCUT2D eigenvalue weighted by Crippen LogP contribution is 2.24. The van der Waals surface area contributed by atoms with Crippen molar-refractivity contribution in [1.29, 1.82) is 0 Å². The van der Waals surface area contributed by atoms with Gasteiger partial charge in [0, 0.05) is 24.8 Å². The van der Waals surface area contributed by atoms with E-state index in [1.54, 1.807) is 0 Å². The number of ether oxygens (including phenoxy) is 1. The zero-order valence-electron chi connectivity index (χ0n) is 17.3. The van der Waals surface area contributed by atoms with Crippen molar-refractivity contribution < 1.29 is 9.84 Å². The van der Waals surface area contributed by atoms with Gasteiger partial charge in [-0.25, -0.2) is 9.67 Å². The van der Waals surface area contributed by atoms with Crippen molar-refractivity contribution in [2.45, 2.75) is 53.7 Å². The SMILES string of the molecule is CCOCCn1nc(CC(C)C)nc1-c1ccc2nnc(C(O)C(C)C)n2c1. The van der Waals surface area contributed by atoms with E-state index >= 15 is 0 Å². The molecule has 0 spiro atoms. The molecule has 8 heteroatoms. The quantitative estimate of drug-likeness (QED) is 0.569. The first-order chi connectivity index (χ1) is 13.4. The average molecular weight is 387 g/mol. The Kier molecular flexibility index (Phi) is 6.41. The highest BCUT2D eigenvalue weighted by molar-refractivity contribution is 5.58. The van der Waals surface area contributed by atoms with E-state index in [0.29, 0.717) is 37.1 Å². The number of hydrogen-bond donors (Lipinski definition) is 1. The van der Waals surface area contributed by atoms with Crippen LogP contribution in [0, 0.1) is 11.8 Å². The zero-order valence-corrected chi connectivity index (χ0v) is 17.3. The van der Waals surface area contributed by atoms with Crippen LogP contribution in [-0.2, 0) is 17.7 Å². The Morgan fingerprint density at radius 1 is 1.14 bits per heavy atom. The maximum atomic E-state index is 10.5. The van der Waals surface area contributed by atoms with Gasteiger partial charge >= 0.3 is 0 Å². The standard InChI is InChI=1S/C20H30N6O2/c1-6-28-10-9-26-19(21-16(24-26)11-13(2)3)15-7-8-17-22-23-20(25(17)12-15)18(27)14(4)5/h7-8,12-14,18,27H,6,9-11H2,1-5H3. The van der Waals surface area contributed by atoms with Crippen LogP contribution in [0.2, 0.25) is 0 Å². The van der Waals surface area contributed by atoms with Gasteiger partial charge in [-0.05, 0) is 30.9 Å². The van der Waals surface area contributed by atoms with Crippen LogP contribution >= 0.6 is 0 Å². The lowest BCUT2D eigenvalue weighted by atomic mass is 10.1. The zero-order chi connectivity index (χ0) is 20.3. The highest BCUT2D eigenvalue weighted by atomic mass is 16.5. The lowest BCUT2D eigenvalue weighted by Crippen LogP contribution is -2.11. The van der Waals surface area contributed by atoms with Gasteiger partial charge in [0.1, 0.15) is 6.10 Å². The van der Waals surface area contributed by atoms with Crippen molar-refractivity contribution in [2.75, 3.05) is 13.2 Å². The minimum atomic E-state index is -0.683. The van der Waals surface area contributed by atoms with E-state index in [0.717, 1.165) is 23.6 Å². The van der Waals surface area contributed by atoms with Gasteiger partial charge in [-0.15, -0.1) is 10.2 Å². The number of pyridine rings is 1. The topological polar surface area (TPSA) is 90.4 Å². The molecule has 28 heavy (non-hydrogen) atoms. The highest BCUT2D eigenvalue weighted by Gasteiger charge is 2.20. The molecule has 1 unspecified atom stereocenters. The molecule has 3 rings (SSSR count). The number of rotatable bonds is 9. The predicted octanol–water partition coefficient (Wildman–Crippen LogP) is 2.91. The molecule has 1 N–H and O–H groups in total. The van der Waals surface area contributed by atoms with Crippen molar-refractivity contribution in [3.05, 3.63) is 30.0 Å². The fourth-order valence-electron chi connectivity index (χ4n) is 3.05. The van der Waals surface area contributed by atoms with Gasteiger partial charge in [-0.2, -0.15) is 5.10 Å². The van der Waals surface area contributed by atoms with Gasteiger partial charge in [-0.1, -0.05) is 27.7 Å². The molecule has 3 heterocycles. The molecule has 152 valence electrons. The second kappa shape index (κ2) is 8.79. The summed E-state index contributed by atoms with van der Waals surface area (Å²) in [7, 11) is 0. The van der Waals surface area contributed by atoms with Gasteiger partial charge in [0.2, 0.25) is 0 Å². The normalized spacial score (nSPS) is 13.1. The lowest BCUT2D eigenvalue weighted by molar-refractivity contribution is 0.116. The maximum absolute atomic E-state index is 10.5. The summed E-state index contributed by atoms with van der Waals surface area (Å²) in [6.45, 7) is 12.1. The van der Waals surface area contributed by atoms with E-state index < -0.39 is 6.10 Å². The van der Waals surface area contributed by atoms with Gasteiger partial charge in [0.15, 0.2) is 23.1 Å². The number of fused-ring (bicyclic) bond motifs is 1. The Labute approximate surface area is 165 Å². The predicted molar refractivity (Wildman–Crippen MR) is 107 cm³/mol.